The number of fused-ring (bicyclic) bond motifs is 1. The number of carbonyl (C=O) groups excluding carboxylic acids is 1. The molecule has 2 heterocycles. The summed E-state index contributed by atoms with van der Waals surface area (Å²) in [7, 11) is 0. The fraction of sp³-hybridized carbons (Fsp3) is 0.267. The molecule has 0 unspecified atom stereocenters. The second kappa shape index (κ2) is 10.8. The van der Waals surface area contributed by atoms with Crippen LogP contribution in [0, 0.1) is 0 Å². The fourth-order valence-corrected chi connectivity index (χ4v) is 4.78. The number of aromatic amines is 1. The highest BCUT2D eigenvalue weighted by Gasteiger charge is 2.15. The maximum absolute atomic E-state index is 12.9. The molecule has 6 nitrogen and oxygen atoms in total. The average molecular weight is 481 g/mol. The van der Waals surface area contributed by atoms with Crippen molar-refractivity contribution in [3.63, 3.8) is 0 Å². The number of nitrogens with zero attached hydrogens (tertiary/aromatic N) is 2. The summed E-state index contributed by atoms with van der Waals surface area (Å²) < 4.78 is 0. The first-order chi connectivity index (χ1) is 17.6. The molecule has 6 heteroatoms. The van der Waals surface area contributed by atoms with Crippen molar-refractivity contribution in [1.29, 1.82) is 0 Å². The third kappa shape index (κ3) is 5.50. The van der Waals surface area contributed by atoms with Crippen LogP contribution in [-0.4, -0.2) is 40.2 Å². The van der Waals surface area contributed by atoms with E-state index in [4.69, 9.17) is 0 Å². The summed E-state index contributed by atoms with van der Waals surface area (Å²) in [5.41, 5.74) is 4.98. The summed E-state index contributed by atoms with van der Waals surface area (Å²) in [6, 6.07) is 23.3. The molecule has 184 valence electrons. The van der Waals surface area contributed by atoms with Crippen LogP contribution >= 0.6 is 0 Å². The van der Waals surface area contributed by atoms with Crippen LogP contribution in [0.25, 0.3) is 10.9 Å². The van der Waals surface area contributed by atoms with Crippen molar-refractivity contribution in [2.45, 2.75) is 38.8 Å². The Hall–Kier alpha value is -3.90. The molecule has 1 atom stereocenters. The van der Waals surface area contributed by atoms with Crippen LogP contribution in [0.15, 0.2) is 77.8 Å². The number of aliphatic imine (C=N–C) groups is 1. The standard InChI is InChI=1S/C30H32N4O2/c1-21(23-8-4-2-5-9-23)32-29(35)24-12-15-28-26(18-24)27(30(36)33-28)19-31-25-13-10-22(11-14-25)20-34-16-6-3-7-17-34/h2,4-5,8-15,18-19,21,33,36H,3,6-7,16-17,20H2,1H3,(H,32,35)/t21-/m1/s1. The summed E-state index contributed by atoms with van der Waals surface area (Å²) in [4.78, 5) is 23.0. The van der Waals surface area contributed by atoms with Gasteiger partial charge in [0.1, 0.15) is 0 Å². The molecular formula is C30H32N4O2. The third-order valence-corrected chi connectivity index (χ3v) is 6.86. The van der Waals surface area contributed by atoms with E-state index in [0.717, 1.165) is 28.7 Å². The highest BCUT2D eigenvalue weighted by atomic mass is 16.3. The van der Waals surface area contributed by atoms with Crippen molar-refractivity contribution >= 4 is 28.7 Å². The first-order valence-electron chi connectivity index (χ1n) is 12.6. The van der Waals surface area contributed by atoms with Gasteiger partial charge in [-0.2, -0.15) is 0 Å². The Balaban J connectivity index is 1.31. The van der Waals surface area contributed by atoms with E-state index >= 15 is 0 Å². The lowest BCUT2D eigenvalue weighted by Gasteiger charge is -2.26. The number of likely N-dealkylation sites (tertiary alicyclic amines) is 1. The average Bonchev–Trinajstić information content (AvgIpc) is 3.23. The highest BCUT2D eigenvalue weighted by molar-refractivity contribution is 6.06. The smallest absolute Gasteiger partial charge is 0.251 e. The predicted molar refractivity (Wildman–Crippen MR) is 145 cm³/mol. The number of piperidine rings is 1. The maximum atomic E-state index is 12.9. The third-order valence-electron chi connectivity index (χ3n) is 6.86. The second-order valence-electron chi connectivity index (χ2n) is 9.51. The molecule has 1 aliphatic rings. The topological polar surface area (TPSA) is 80.7 Å². The van der Waals surface area contributed by atoms with Crippen LogP contribution in [0.5, 0.6) is 5.88 Å². The van der Waals surface area contributed by atoms with Gasteiger partial charge in [0.25, 0.3) is 5.91 Å². The van der Waals surface area contributed by atoms with Gasteiger partial charge in [-0.1, -0.05) is 48.9 Å². The zero-order valence-corrected chi connectivity index (χ0v) is 20.6. The lowest BCUT2D eigenvalue weighted by Crippen LogP contribution is -2.28. The molecule has 5 rings (SSSR count). The van der Waals surface area contributed by atoms with E-state index in [-0.39, 0.29) is 17.8 Å². The Labute approximate surface area is 211 Å². The van der Waals surface area contributed by atoms with Crippen molar-refractivity contribution in [1.82, 2.24) is 15.2 Å². The highest BCUT2D eigenvalue weighted by Crippen LogP contribution is 2.28. The lowest BCUT2D eigenvalue weighted by molar-refractivity contribution is 0.0940. The fourth-order valence-electron chi connectivity index (χ4n) is 4.78. The first-order valence-corrected chi connectivity index (χ1v) is 12.6. The number of benzene rings is 3. The van der Waals surface area contributed by atoms with Crippen molar-refractivity contribution in [3.8, 4) is 5.88 Å². The van der Waals surface area contributed by atoms with Crippen LogP contribution in [0.3, 0.4) is 0 Å². The molecule has 3 aromatic carbocycles. The molecule has 0 aliphatic carbocycles. The van der Waals surface area contributed by atoms with Gasteiger partial charge in [-0.15, -0.1) is 0 Å². The number of hydrogen-bond donors (Lipinski definition) is 3. The van der Waals surface area contributed by atoms with Gasteiger partial charge in [-0.05, 0) is 74.3 Å². The molecule has 36 heavy (non-hydrogen) atoms. The Bertz CT molecular complexity index is 1350. The van der Waals surface area contributed by atoms with Crippen LogP contribution in [0.4, 0.5) is 5.69 Å². The number of aromatic nitrogens is 1. The first kappa shape index (κ1) is 23.8. The molecule has 0 radical (unpaired) electrons. The van der Waals surface area contributed by atoms with E-state index in [2.05, 4.69) is 32.3 Å². The lowest BCUT2D eigenvalue weighted by atomic mass is 10.1. The minimum Gasteiger partial charge on any atom is -0.494 e. The second-order valence-corrected chi connectivity index (χ2v) is 9.51. The van der Waals surface area contributed by atoms with Gasteiger partial charge in [-0.3, -0.25) is 14.7 Å². The SMILES string of the molecule is C[C@@H](NC(=O)c1ccc2[nH]c(O)c(C=Nc3ccc(CN4CCCCC4)cc3)c2c1)c1ccccc1. The molecule has 3 N–H and O–H groups in total. The Kier molecular flexibility index (Phi) is 7.14. The summed E-state index contributed by atoms with van der Waals surface area (Å²) in [5, 5.41) is 14.3. The largest absolute Gasteiger partial charge is 0.494 e. The van der Waals surface area contributed by atoms with Crippen molar-refractivity contribution in [2.24, 2.45) is 4.99 Å². The monoisotopic (exact) mass is 480 g/mol. The van der Waals surface area contributed by atoms with E-state index < -0.39 is 0 Å². The number of hydrogen-bond acceptors (Lipinski definition) is 4. The van der Waals surface area contributed by atoms with Crippen LogP contribution in [0.1, 0.15) is 59.3 Å². The van der Waals surface area contributed by atoms with E-state index in [1.54, 1.807) is 18.3 Å². The van der Waals surface area contributed by atoms with E-state index in [0.29, 0.717) is 11.1 Å². The molecule has 1 saturated heterocycles. The maximum Gasteiger partial charge on any atom is 0.251 e. The Morgan fingerprint density at radius 2 is 1.81 bits per heavy atom. The predicted octanol–water partition coefficient (Wildman–Crippen LogP) is 6.10. The molecule has 0 spiro atoms. The Morgan fingerprint density at radius 3 is 2.56 bits per heavy atom. The van der Waals surface area contributed by atoms with E-state index in [1.807, 2.05) is 55.5 Å². The van der Waals surface area contributed by atoms with Gasteiger partial charge < -0.3 is 15.4 Å². The minimum absolute atomic E-state index is 0.0330. The molecular weight excluding hydrogens is 448 g/mol. The van der Waals surface area contributed by atoms with Gasteiger partial charge in [0.15, 0.2) is 5.88 Å². The molecule has 1 amide bonds. The summed E-state index contributed by atoms with van der Waals surface area (Å²) in [6.07, 6.45) is 5.56. The summed E-state index contributed by atoms with van der Waals surface area (Å²) in [6.45, 7) is 5.28. The van der Waals surface area contributed by atoms with Crippen LogP contribution in [0.2, 0.25) is 0 Å². The quantitative estimate of drug-likeness (QED) is 0.280. The van der Waals surface area contributed by atoms with Gasteiger partial charge >= 0.3 is 0 Å². The number of amides is 1. The van der Waals surface area contributed by atoms with Gasteiger partial charge in [0.05, 0.1) is 17.3 Å². The molecule has 1 fully saturated rings. The van der Waals surface area contributed by atoms with Gasteiger partial charge in [-0.25, -0.2) is 0 Å². The summed E-state index contributed by atoms with van der Waals surface area (Å²) in [5.74, 6) is -0.133. The van der Waals surface area contributed by atoms with Gasteiger partial charge in [0, 0.05) is 29.2 Å². The summed E-state index contributed by atoms with van der Waals surface area (Å²) >= 11 is 0. The normalized spacial score (nSPS) is 15.4. The number of aromatic hydroxyl groups is 1. The molecule has 1 aliphatic heterocycles. The molecule has 1 aromatic heterocycles. The number of nitrogens with one attached hydrogen (secondary N) is 2. The molecule has 0 saturated carbocycles. The Morgan fingerprint density at radius 1 is 1.06 bits per heavy atom. The number of carbonyl (C=O) groups is 1. The zero-order valence-electron chi connectivity index (χ0n) is 20.6. The molecule has 4 aromatic rings. The minimum atomic E-state index is -0.166. The van der Waals surface area contributed by atoms with Crippen molar-refractivity contribution in [2.75, 3.05) is 13.1 Å². The van der Waals surface area contributed by atoms with Crippen LogP contribution in [-0.2, 0) is 6.54 Å². The number of H-pyrrole nitrogens is 1. The number of rotatable bonds is 7. The van der Waals surface area contributed by atoms with Crippen molar-refractivity contribution < 1.29 is 9.90 Å². The zero-order chi connectivity index (χ0) is 24.9. The van der Waals surface area contributed by atoms with Crippen molar-refractivity contribution in [3.05, 3.63) is 95.1 Å². The van der Waals surface area contributed by atoms with Gasteiger partial charge in [0.2, 0.25) is 0 Å². The van der Waals surface area contributed by atoms with Crippen LogP contribution < -0.4 is 5.32 Å². The van der Waals surface area contributed by atoms with E-state index in [9.17, 15) is 9.90 Å². The molecule has 0 bridgehead atoms. The van der Waals surface area contributed by atoms with E-state index in [1.165, 1.54) is 37.9 Å².